The van der Waals surface area contributed by atoms with Gasteiger partial charge in [0.15, 0.2) is 5.82 Å². The minimum atomic E-state index is -0.458. The van der Waals surface area contributed by atoms with Crippen molar-refractivity contribution >= 4 is 5.91 Å². The van der Waals surface area contributed by atoms with E-state index >= 15 is 0 Å². The van der Waals surface area contributed by atoms with Crippen molar-refractivity contribution in [1.82, 2.24) is 15.5 Å². The third-order valence-corrected chi connectivity index (χ3v) is 3.63. The van der Waals surface area contributed by atoms with Crippen molar-refractivity contribution in [3.8, 4) is 0 Å². The molecule has 0 radical (unpaired) electrons. The first-order valence-corrected chi connectivity index (χ1v) is 6.97. The first kappa shape index (κ1) is 14.0. The third kappa shape index (κ3) is 2.96. The molecule has 1 saturated carbocycles. The van der Waals surface area contributed by atoms with Crippen LogP contribution in [-0.2, 0) is 15.7 Å². The number of hydrogen-bond donors (Lipinski definition) is 1. The fourth-order valence-corrected chi connectivity index (χ4v) is 2.61. The van der Waals surface area contributed by atoms with E-state index in [0.717, 1.165) is 25.7 Å². The molecule has 0 saturated heterocycles. The highest BCUT2D eigenvalue weighted by atomic mass is 16.5. The maximum atomic E-state index is 11.5. The Kier molecular flexibility index (Phi) is 3.65. The lowest BCUT2D eigenvalue weighted by molar-refractivity contribution is -0.121. The molecule has 1 fully saturated rings. The third-order valence-electron chi connectivity index (χ3n) is 3.63. The fraction of sp³-hybridized carbons (Fsp3) is 0.786. The number of aromatic nitrogens is 2. The molecule has 0 bridgehead atoms. The van der Waals surface area contributed by atoms with Crippen molar-refractivity contribution in [3.63, 3.8) is 0 Å². The number of nitrogens with zero attached hydrogens (tertiary/aromatic N) is 2. The van der Waals surface area contributed by atoms with Crippen molar-refractivity contribution in [1.29, 1.82) is 0 Å². The van der Waals surface area contributed by atoms with E-state index in [4.69, 9.17) is 4.52 Å². The Balaban J connectivity index is 2.33. The summed E-state index contributed by atoms with van der Waals surface area (Å²) in [6.07, 6.45) is 5.10. The molecule has 0 atom stereocenters. The predicted molar refractivity (Wildman–Crippen MR) is 71.6 cm³/mol. The molecular formula is C14H23N3O2. The standard InChI is InChI=1S/C14H23N3O2/c1-10(18)16-14(8-6-5-7-9-14)12-15-11(17-19-12)13(2,3)4/h5-9H2,1-4H3,(H,16,18). The van der Waals surface area contributed by atoms with Crippen molar-refractivity contribution in [2.45, 2.75) is 70.8 Å². The van der Waals surface area contributed by atoms with E-state index in [1.807, 2.05) is 20.8 Å². The largest absolute Gasteiger partial charge is 0.342 e. The first-order chi connectivity index (χ1) is 8.83. The number of hydrogen-bond acceptors (Lipinski definition) is 4. The smallest absolute Gasteiger partial charge is 0.252 e. The van der Waals surface area contributed by atoms with Crippen LogP contribution in [0.2, 0.25) is 0 Å². The molecule has 19 heavy (non-hydrogen) atoms. The SMILES string of the molecule is CC(=O)NC1(c2nc(C(C)(C)C)no2)CCCCC1. The monoisotopic (exact) mass is 265 g/mol. The van der Waals surface area contributed by atoms with Gasteiger partial charge < -0.3 is 9.84 Å². The van der Waals surface area contributed by atoms with Gasteiger partial charge in [-0.25, -0.2) is 0 Å². The van der Waals surface area contributed by atoms with E-state index in [-0.39, 0.29) is 11.3 Å². The summed E-state index contributed by atoms with van der Waals surface area (Å²) < 4.78 is 5.46. The van der Waals surface area contributed by atoms with E-state index < -0.39 is 5.54 Å². The number of carbonyl (C=O) groups excluding carboxylic acids is 1. The first-order valence-electron chi connectivity index (χ1n) is 6.97. The highest BCUT2D eigenvalue weighted by molar-refractivity contribution is 5.73. The molecule has 1 aliphatic carbocycles. The van der Waals surface area contributed by atoms with E-state index in [9.17, 15) is 4.79 Å². The Morgan fingerprint density at radius 1 is 1.26 bits per heavy atom. The van der Waals surface area contributed by atoms with Crippen LogP contribution in [0.5, 0.6) is 0 Å². The highest BCUT2D eigenvalue weighted by Crippen LogP contribution is 2.37. The molecule has 1 N–H and O–H groups in total. The summed E-state index contributed by atoms with van der Waals surface area (Å²) in [6.45, 7) is 7.69. The van der Waals surface area contributed by atoms with Crippen LogP contribution in [0.1, 0.15) is 71.5 Å². The summed E-state index contributed by atoms with van der Waals surface area (Å²) >= 11 is 0. The van der Waals surface area contributed by atoms with Crippen molar-refractivity contribution in [2.75, 3.05) is 0 Å². The van der Waals surface area contributed by atoms with Gasteiger partial charge in [0.25, 0.3) is 5.89 Å². The quantitative estimate of drug-likeness (QED) is 0.892. The van der Waals surface area contributed by atoms with Crippen molar-refractivity contribution < 1.29 is 9.32 Å². The lowest BCUT2D eigenvalue weighted by Crippen LogP contribution is -2.46. The lowest BCUT2D eigenvalue weighted by Gasteiger charge is -2.34. The maximum Gasteiger partial charge on any atom is 0.252 e. The molecule has 0 aliphatic heterocycles. The minimum Gasteiger partial charge on any atom is -0.342 e. The molecule has 0 aromatic carbocycles. The molecule has 1 aromatic rings. The van der Waals surface area contributed by atoms with Gasteiger partial charge in [-0.15, -0.1) is 0 Å². The molecule has 5 nitrogen and oxygen atoms in total. The Bertz CT molecular complexity index is 454. The van der Waals surface area contributed by atoms with E-state index in [1.165, 1.54) is 13.3 Å². The zero-order valence-electron chi connectivity index (χ0n) is 12.2. The van der Waals surface area contributed by atoms with Gasteiger partial charge in [-0.05, 0) is 12.8 Å². The van der Waals surface area contributed by atoms with E-state index in [0.29, 0.717) is 11.7 Å². The summed E-state index contributed by atoms with van der Waals surface area (Å²) in [5, 5.41) is 7.12. The molecule has 106 valence electrons. The molecule has 0 unspecified atom stereocenters. The van der Waals surface area contributed by atoms with Crippen molar-refractivity contribution in [3.05, 3.63) is 11.7 Å². The van der Waals surface area contributed by atoms with Crippen LogP contribution in [0.3, 0.4) is 0 Å². The van der Waals surface area contributed by atoms with Gasteiger partial charge in [-0.2, -0.15) is 4.98 Å². The average Bonchev–Trinajstić information content (AvgIpc) is 2.78. The second-order valence-electron chi connectivity index (χ2n) is 6.50. The molecule has 1 heterocycles. The van der Waals surface area contributed by atoms with Gasteiger partial charge in [-0.3, -0.25) is 4.79 Å². The molecular weight excluding hydrogens is 242 g/mol. The normalized spacial score (nSPS) is 19.2. The molecule has 0 spiro atoms. The predicted octanol–water partition coefficient (Wildman–Crippen LogP) is 2.66. The van der Waals surface area contributed by atoms with Crippen LogP contribution >= 0.6 is 0 Å². The number of carbonyl (C=O) groups is 1. The van der Waals surface area contributed by atoms with Gasteiger partial charge in [0.05, 0.1) is 0 Å². The van der Waals surface area contributed by atoms with Gasteiger partial charge in [-0.1, -0.05) is 45.2 Å². The summed E-state index contributed by atoms with van der Waals surface area (Å²) in [5.74, 6) is 1.21. The average molecular weight is 265 g/mol. The van der Waals surface area contributed by atoms with Gasteiger partial charge in [0.1, 0.15) is 5.54 Å². The van der Waals surface area contributed by atoms with Crippen LogP contribution in [-0.4, -0.2) is 16.0 Å². The van der Waals surface area contributed by atoms with Crippen LogP contribution < -0.4 is 5.32 Å². The second-order valence-corrected chi connectivity index (χ2v) is 6.50. The molecule has 2 rings (SSSR count). The Morgan fingerprint density at radius 2 is 1.89 bits per heavy atom. The lowest BCUT2D eigenvalue weighted by atomic mass is 9.81. The zero-order chi connectivity index (χ0) is 14.1. The zero-order valence-corrected chi connectivity index (χ0v) is 12.2. The molecule has 5 heteroatoms. The topological polar surface area (TPSA) is 68.0 Å². The van der Waals surface area contributed by atoms with Crippen LogP contribution in [0, 0.1) is 0 Å². The Hall–Kier alpha value is -1.39. The summed E-state index contributed by atoms with van der Waals surface area (Å²) in [7, 11) is 0. The number of rotatable bonds is 2. The Labute approximate surface area is 114 Å². The second kappa shape index (κ2) is 4.94. The van der Waals surface area contributed by atoms with Gasteiger partial charge >= 0.3 is 0 Å². The Morgan fingerprint density at radius 3 is 2.37 bits per heavy atom. The van der Waals surface area contributed by atoms with Gasteiger partial charge in [0.2, 0.25) is 5.91 Å². The van der Waals surface area contributed by atoms with Crippen LogP contribution in [0.4, 0.5) is 0 Å². The number of nitrogens with one attached hydrogen (secondary N) is 1. The van der Waals surface area contributed by atoms with Crippen LogP contribution in [0.15, 0.2) is 4.52 Å². The summed E-state index contributed by atoms with van der Waals surface area (Å²) in [6, 6.07) is 0. The van der Waals surface area contributed by atoms with Crippen molar-refractivity contribution in [2.24, 2.45) is 0 Å². The van der Waals surface area contributed by atoms with E-state index in [2.05, 4.69) is 15.5 Å². The van der Waals surface area contributed by atoms with Crippen LogP contribution in [0.25, 0.3) is 0 Å². The maximum absolute atomic E-state index is 11.5. The highest BCUT2D eigenvalue weighted by Gasteiger charge is 2.40. The summed E-state index contributed by atoms with van der Waals surface area (Å²) in [5.41, 5.74) is -0.603. The van der Waals surface area contributed by atoms with E-state index in [1.54, 1.807) is 0 Å². The molecule has 1 amide bonds. The fourth-order valence-electron chi connectivity index (χ4n) is 2.61. The molecule has 1 aliphatic rings. The molecule has 1 aromatic heterocycles. The number of amides is 1. The minimum absolute atomic E-state index is 0.0441. The summed E-state index contributed by atoms with van der Waals surface area (Å²) in [4.78, 5) is 16.0. The van der Waals surface area contributed by atoms with Gasteiger partial charge in [0, 0.05) is 12.3 Å².